The average molecular weight is 262 g/mol. The largest absolute Gasteiger partial charge is 0.396 e. The second kappa shape index (κ2) is 5.87. The Labute approximate surface area is 116 Å². The molecule has 0 aliphatic rings. The van der Waals surface area contributed by atoms with E-state index in [-0.39, 0.29) is 29.6 Å². The summed E-state index contributed by atoms with van der Waals surface area (Å²) in [5, 5.41) is 9.43. The van der Waals surface area contributed by atoms with Crippen molar-refractivity contribution in [1.29, 1.82) is 0 Å². The van der Waals surface area contributed by atoms with E-state index in [0.717, 1.165) is 16.7 Å². The van der Waals surface area contributed by atoms with Gasteiger partial charge in [0.05, 0.1) is 6.61 Å². The van der Waals surface area contributed by atoms with Gasteiger partial charge in [0, 0.05) is 11.5 Å². The SMILES string of the molecule is Cc1ccc(C(C)(C)C)cc1C(=O)C(CO)C(C)C. The summed E-state index contributed by atoms with van der Waals surface area (Å²) in [6.07, 6.45) is 0. The highest BCUT2D eigenvalue weighted by atomic mass is 16.3. The molecule has 0 aromatic heterocycles. The van der Waals surface area contributed by atoms with Crippen LogP contribution in [0.3, 0.4) is 0 Å². The van der Waals surface area contributed by atoms with Crippen molar-refractivity contribution in [3.63, 3.8) is 0 Å². The summed E-state index contributed by atoms with van der Waals surface area (Å²) in [5.41, 5.74) is 2.91. The topological polar surface area (TPSA) is 37.3 Å². The van der Waals surface area contributed by atoms with Crippen molar-refractivity contribution < 1.29 is 9.90 Å². The van der Waals surface area contributed by atoms with Crippen molar-refractivity contribution in [3.8, 4) is 0 Å². The highest BCUT2D eigenvalue weighted by Gasteiger charge is 2.25. The Morgan fingerprint density at radius 2 is 1.84 bits per heavy atom. The lowest BCUT2D eigenvalue weighted by Gasteiger charge is -2.23. The van der Waals surface area contributed by atoms with Crippen LogP contribution in [0.25, 0.3) is 0 Å². The molecule has 106 valence electrons. The second-order valence-electron chi connectivity index (χ2n) is 6.68. The summed E-state index contributed by atoms with van der Waals surface area (Å²) in [4.78, 5) is 12.6. The first-order valence-corrected chi connectivity index (χ1v) is 6.94. The molecule has 1 atom stereocenters. The van der Waals surface area contributed by atoms with Gasteiger partial charge < -0.3 is 5.11 Å². The number of carbonyl (C=O) groups is 1. The third-order valence-corrected chi connectivity index (χ3v) is 3.71. The lowest BCUT2D eigenvalue weighted by atomic mass is 9.82. The summed E-state index contributed by atoms with van der Waals surface area (Å²) in [5.74, 6) is -0.106. The first kappa shape index (κ1) is 15.9. The molecule has 2 heteroatoms. The maximum absolute atomic E-state index is 12.6. The normalized spacial score (nSPS) is 13.7. The summed E-state index contributed by atoms with van der Waals surface area (Å²) in [6, 6.07) is 6.07. The van der Waals surface area contributed by atoms with E-state index in [1.54, 1.807) is 0 Å². The van der Waals surface area contributed by atoms with E-state index in [9.17, 15) is 9.90 Å². The van der Waals surface area contributed by atoms with E-state index >= 15 is 0 Å². The maximum atomic E-state index is 12.6. The number of hydrogen-bond acceptors (Lipinski definition) is 2. The van der Waals surface area contributed by atoms with Crippen LogP contribution in [0.4, 0.5) is 0 Å². The second-order valence-corrected chi connectivity index (χ2v) is 6.68. The molecule has 19 heavy (non-hydrogen) atoms. The predicted molar refractivity (Wildman–Crippen MR) is 79.6 cm³/mol. The van der Waals surface area contributed by atoms with Gasteiger partial charge in [-0.1, -0.05) is 46.8 Å². The molecule has 1 unspecified atom stereocenters. The van der Waals surface area contributed by atoms with Crippen LogP contribution in [0, 0.1) is 18.8 Å². The number of rotatable bonds is 4. The highest BCUT2D eigenvalue weighted by Crippen LogP contribution is 2.27. The lowest BCUT2D eigenvalue weighted by Crippen LogP contribution is -2.25. The Bertz CT molecular complexity index is 453. The summed E-state index contributed by atoms with van der Waals surface area (Å²) >= 11 is 0. The van der Waals surface area contributed by atoms with Crippen molar-refractivity contribution in [2.24, 2.45) is 11.8 Å². The zero-order chi connectivity index (χ0) is 14.8. The van der Waals surface area contributed by atoms with Gasteiger partial charge in [-0.15, -0.1) is 0 Å². The number of hydrogen-bond donors (Lipinski definition) is 1. The minimum absolute atomic E-state index is 0.0231. The van der Waals surface area contributed by atoms with E-state index in [4.69, 9.17) is 0 Å². The van der Waals surface area contributed by atoms with Gasteiger partial charge >= 0.3 is 0 Å². The van der Waals surface area contributed by atoms with E-state index < -0.39 is 0 Å². The van der Waals surface area contributed by atoms with Gasteiger partial charge in [-0.3, -0.25) is 4.79 Å². The summed E-state index contributed by atoms with van der Waals surface area (Å²) in [7, 11) is 0. The molecule has 0 aliphatic carbocycles. The average Bonchev–Trinajstić information content (AvgIpc) is 2.28. The molecule has 0 radical (unpaired) electrons. The predicted octanol–water partition coefficient (Wildman–Crippen LogP) is 3.74. The Hall–Kier alpha value is -1.15. The fourth-order valence-corrected chi connectivity index (χ4v) is 2.15. The minimum atomic E-state index is -0.311. The molecular formula is C17H26O2. The van der Waals surface area contributed by atoms with Gasteiger partial charge in [0.25, 0.3) is 0 Å². The van der Waals surface area contributed by atoms with E-state index in [2.05, 4.69) is 26.8 Å². The third kappa shape index (κ3) is 3.66. The zero-order valence-corrected chi connectivity index (χ0v) is 12.9. The molecule has 1 aromatic rings. The van der Waals surface area contributed by atoms with Crippen molar-refractivity contribution in [2.75, 3.05) is 6.61 Å². The minimum Gasteiger partial charge on any atom is -0.396 e. The first-order chi connectivity index (χ1) is 8.68. The quantitative estimate of drug-likeness (QED) is 0.839. The van der Waals surface area contributed by atoms with E-state index in [1.807, 2.05) is 32.9 Å². The van der Waals surface area contributed by atoms with Crippen molar-refractivity contribution in [1.82, 2.24) is 0 Å². The van der Waals surface area contributed by atoms with Gasteiger partial charge in [0.2, 0.25) is 0 Å². The zero-order valence-electron chi connectivity index (χ0n) is 12.9. The molecule has 1 rings (SSSR count). The number of aliphatic hydroxyl groups excluding tert-OH is 1. The van der Waals surface area contributed by atoms with E-state index in [1.165, 1.54) is 0 Å². The van der Waals surface area contributed by atoms with Gasteiger partial charge in [0.15, 0.2) is 5.78 Å². The monoisotopic (exact) mass is 262 g/mol. The Kier molecular flexibility index (Phi) is 4.92. The highest BCUT2D eigenvalue weighted by molar-refractivity contribution is 5.99. The third-order valence-electron chi connectivity index (χ3n) is 3.71. The molecule has 1 N–H and O–H groups in total. The van der Waals surface area contributed by atoms with Crippen molar-refractivity contribution in [3.05, 3.63) is 34.9 Å². The molecule has 0 spiro atoms. The molecule has 0 fully saturated rings. The van der Waals surface area contributed by atoms with Crippen LogP contribution >= 0.6 is 0 Å². The number of ketones is 1. The van der Waals surface area contributed by atoms with Crippen LogP contribution in [-0.2, 0) is 5.41 Å². The fourth-order valence-electron chi connectivity index (χ4n) is 2.15. The van der Waals surface area contributed by atoms with Gasteiger partial charge in [-0.2, -0.15) is 0 Å². The van der Waals surface area contributed by atoms with Crippen LogP contribution in [0.15, 0.2) is 18.2 Å². The molecule has 0 heterocycles. The van der Waals surface area contributed by atoms with Crippen LogP contribution in [0.2, 0.25) is 0 Å². The summed E-state index contributed by atoms with van der Waals surface area (Å²) < 4.78 is 0. The van der Waals surface area contributed by atoms with Gasteiger partial charge in [-0.25, -0.2) is 0 Å². The number of benzene rings is 1. The molecule has 0 bridgehead atoms. The number of aryl methyl sites for hydroxylation is 1. The van der Waals surface area contributed by atoms with Gasteiger partial charge in [-0.05, 0) is 35.4 Å². The van der Waals surface area contributed by atoms with E-state index in [0.29, 0.717) is 0 Å². The maximum Gasteiger partial charge on any atom is 0.168 e. The molecule has 2 nitrogen and oxygen atoms in total. The van der Waals surface area contributed by atoms with Crippen LogP contribution in [0.1, 0.15) is 56.1 Å². The van der Waals surface area contributed by atoms with Crippen molar-refractivity contribution >= 4 is 5.78 Å². The molecule has 0 saturated heterocycles. The number of carbonyl (C=O) groups excluding carboxylic acids is 1. The first-order valence-electron chi connectivity index (χ1n) is 6.94. The molecule has 0 aliphatic heterocycles. The molecular weight excluding hydrogens is 236 g/mol. The lowest BCUT2D eigenvalue weighted by molar-refractivity contribution is 0.0806. The molecule has 1 aromatic carbocycles. The number of aliphatic hydroxyl groups is 1. The van der Waals surface area contributed by atoms with Crippen LogP contribution in [-0.4, -0.2) is 17.5 Å². The van der Waals surface area contributed by atoms with Gasteiger partial charge in [0.1, 0.15) is 0 Å². The summed E-state index contributed by atoms with van der Waals surface area (Å²) in [6.45, 7) is 12.2. The molecule has 0 saturated carbocycles. The Balaban J connectivity index is 3.23. The Morgan fingerprint density at radius 1 is 1.26 bits per heavy atom. The van der Waals surface area contributed by atoms with Crippen LogP contribution < -0.4 is 0 Å². The van der Waals surface area contributed by atoms with Crippen molar-refractivity contribution in [2.45, 2.75) is 47.0 Å². The standard InChI is InChI=1S/C17H26O2/c1-11(2)15(10-18)16(19)14-9-13(17(4,5)6)8-7-12(14)3/h7-9,11,15,18H,10H2,1-6H3. The smallest absolute Gasteiger partial charge is 0.168 e. The Morgan fingerprint density at radius 3 is 2.26 bits per heavy atom. The number of Topliss-reactive ketones (excluding diaryl/α,β-unsaturated/α-hetero) is 1. The van der Waals surface area contributed by atoms with Crippen LogP contribution in [0.5, 0.6) is 0 Å². The molecule has 0 amide bonds. The fraction of sp³-hybridized carbons (Fsp3) is 0.588.